The summed E-state index contributed by atoms with van der Waals surface area (Å²) in [6, 6.07) is 6.80. The smallest absolute Gasteiger partial charge is 0.129 e. The Morgan fingerprint density at radius 3 is 2.38 bits per heavy atom. The van der Waals surface area contributed by atoms with Crippen LogP contribution in [0.4, 0.5) is 4.39 Å². The second-order valence-electron chi connectivity index (χ2n) is 3.18. The van der Waals surface area contributed by atoms with Gasteiger partial charge in [-0.1, -0.05) is 18.2 Å². The minimum absolute atomic E-state index is 0.0683. The molecule has 0 bridgehead atoms. The molecular weight excluding hydrogens is 167 g/mol. The van der Waals surface area contributed by atoms with Crippen molar-refractivity contribution < 1.29 is 4.39 Å². The van der Waals surface area contributed by atoms with Crippen molar-refractivity contribution in [1.82, 2.24) is 10.2 Å². The molecule has 0 aliphatic heterocycles. The summed E-state index contributed by atoms with van der Waals surface area (Å²) in [5, 5.41) is 3.04. The minimum Gasteiger partial charge on any atom is -0.301 e. The van der Waals surface area contributed by atoms with Crippen molar-refractivity contribution in [2.45, 2.75) is 6.17 Å². The van der Waals surface area contributed by atoms with E-state index in [2.05, 4.69) is 5.32 Å². The number of hydrogen-bond acceptors (Lipinski definition) is 2. The Morgan fingerprint density at radius 1 is 1.31 bits per heavy atom. The van der Waals surface area contributed by atoms with Crippen LogP contribution in [0.25, 0.3) is 0 Å². The lowest BCUT2D eigenvalue weighted by atomic mass is 10.1. The third-order valence-corrected chi connectivity index (χ3v) is 1.99. The maximum Gasteiger partial charge on any atom is 0.129 e. The highest BCUT2D eigenvalue weighted by molar-refractivity contribution is 5.20. The molecular formula is C10H15FN2. The highest BCUT2D eigenvalue weighted by atomic mass is 19.1. The van der Waals surface area contributed by atoms with Crippen LogP contribution < -0.4 is 5.32 Å². The van der Waals surface area contributed by atoms with Crippen molar-refractivity contribution >= 4 is 0 Å². The molecule has 13 heavy (non-hydrogen) atoms. The van der Waals surface area contributed by atoms with E-state index >= 15 is 0 Å². The molecule has 1 aromatic carbocycles. The molecule has 0 aliphatic carbocycles. The first-order valence-corrected chi connectivity index (χ1v) is 4.25. The third-order valence-electron chi connectivity index (χ3n) is 1.99. The van der Waals surface area contributed by atoms with Gasteiger partial charge in [0.05, 0.1) is 6.17 Å². The van der Waals surface area contributed by atoms with Crippen LogP contribution in [0.5, 0.6) is 0 Å². The number of nitrogens with zero attached hydrogens (tertiary/aromatic N) is 1. The fourth-order valence-corrected chi connectivity index (χ4v) is 1.39. The zero-order valence-electron chi connectivity index (χ0n) is 8.21. The lowest BCUT2D eigenvalue weighted by Gasteiger charge is -2.24. The average Bonchev–Trinajstić information content (AvgIpc) is 2.09. The minimum atomic E-state index is -0.171. The fraction of sp³-hybridized carbons (Fsp3) is 0.400. The van der Waals surface area contributed by atoms with Crippen LogP contribution in [0, 0.1) is 5.82 Å². The topological polar surface area (TPSA) is 15.3 Å². The number of nitrogens with one attached hydrogen (secondary N) is 1. The molecule has 0 heterocycles. The lowest BCUT2D eigenvalue weighted by molar-refractivity contribution is 0.258. The third kappa shape index (κ3) is 2.26. The van der Waals surface area contributed by atoms with Crippen molar-refractivity contribution in [3.63, 3.8) is 0 Å². The maximum atomic E-state index is 13.3. The monoisotopic (exact) mass is 182 g/mol. The number of halogens is 1. The molecule has 0 fully saturated rings. The Kier molecular flexibility index (Phi) is 3.39. The first-order valence-electron chi connectivity index (χ1n) is 4.25. The highest BCUT2D eigenvalue weighted by Crippen LogP contribution is 2.17. The van der Waals surface area contributed by atoms with Gasteiger partial charge in [0.1, 0.15) is 5.82 Å². The molecule has 0 radical (unpaired) electrons. The van der Waals surface area contributed by atoms with Gasteiger partial charge in [0.25, 0.3) is 0 Å². The Morgan fingerprint density at radius 2 is 1.92 bits per heavy atom. The SMILES string of the molecule is CNC(c1ccccc1F)N(C)C. The Bertz CT molecular complexity index is 273. The summed E-state index contributed by atoms with van der Waals surface area (Å²) in [7, 11) is 5.64. The van der Waals surface area contributed by atoms with Crippen LogP contribution in [0.1, 0.15) is 11.7 Å². The van der Waals surface area contributed by atoms with Gasteiger partial charge in [0.15, 0.2) is 0 Å². The summed E-state index contributed by atoms with van der Waals surface area (Å²) in [6.07, 6.45) is -0.0683. The van der Waals surface area contributed by atoms with Crippen LogP contribution in [0.3, 0.4) is 0 Å². The largest absolute Gasteiger partial charge is 0.301 e. The molecule has 2 nitrogen and oxygen atoms in total. The van der Waals surface area contributed by atoms with Gasteiger partial charge in [-0.25, -0.2) is 4.39 Å². The Balaban J connectivity index is 2.97. The number of benzene rings is 1. The van der Waals surface area contributed by atoms with Crippen LogP contribution in [0.15, 0.2) is 24.3 Å². The van der Waals surface area contributed by atoms with Gasteiger partial charge in [-0.15, -0.1) is 0 Å². The van der Waals surface area contributed by atoms with Crippen molar-refractivity contribution in [3.05, 3.63) is 35.6 Å². The zero-order valence-corrected chi connectivity index (χ0v) is 8.21. The average molecular weight is 182 g/mol. The van der Waals surface area contributed by atoms with Crippen molar-refractivity contribution in [1.29, 1.82) is 0 Å². The first kappa shape index (κ1) is 10.2. The lowest BCUT2D eigenvalue weighted by Crippen LogP contribution is -2.31. The molecule has 0 saturated carbocycles. The standard InChI is InChI=1S/C10H15FN2/c1-12-10(13(2)3)8-6-4-5-7-9(8)11/h4-7,10,12H,1-3H3. The quantitative estimate of drug-likeness (QED) is 0.714. The van der Waals surface area contributed by atoms with Crippen LogP contribution >= 0.6 is 0 Å². The second-order valence-corrected chi connectivity index (χ2v) is 3.18. The van der Waals surface area contributed by atoms with E-state index in [1.807, 2.05) is 32.1 Å². The molecule has 0 aliphatic rings. The molecule has 1 atom stereocenters. The van der Waals surface area contributed by atoms with Gasteiger partial charge in [0, 0.05) is 5.56 Å². The molecule has 0 spiro atoms. The van der Waals surface area contributed by atoms with E-state index in [1.54, 1.807) is 12.1 Å². The predicted molar refractivity (Wildman–Crippen MR) is 51.9 cm³/mol. The van der Waals surface area contributed by atoms with Gasteiger partial charge in [-0.05, 0) is 27.2 Å². The molecule has 72 valence electrons. The summed E-state index contributed by atoms with van der Waals surface area (Å²) >= 11 is 0. The van der Waals surface area contributed by atoms with Gasteiger partial charge >= 0.3 is 0 Å². The molecule has 1 unspecified atom stereocenters. The van der Waals surface area contributed by atoms with Crippen molar-refractivity contribution in [3.8, 4) is 0 Å². The predicted octanol–water partition coefficient (Wildman–Crippen LogP) is 1.61. The molecule has 0 aromatic heterocycles. The molecule has 0 saturated heterocycles. The van der Waals surface area contributed by atoms with E-state index in [9.17, 15) is 4.39 Å². The molecule has 1 aromatic rings. The van der Waals surface area contributed by atoms with Gasteiger partial charge < -0.3 is 5.32 Å². The number of hydrogen-bond donors (Lipinski definition) is 1. The van der Waals surface area contributed by atoms with Crippen LogP contribution in [-0.4, -0.2) is 26.0 Å². The molecule has 1 N–H and O–H groups in total. The number of rotatable bonds is 3. The Hall–Kier alpha value is -0.930. The highest BCUT2D eigenvalue weighted by Gasteiger charge is 2.14. The van der Waals surface area contributed by atoms with Crippen LogP contribution in [-0.2, 0) is 0 Å². The van der Waals surface area contributed by atoms with E-state index in [-0.39, 0.29) is 12.0 Å². The van der Waals surface area contributed by atoms with Crippen LogP contribution in [0.2, 0.25) is 0 Å². The second kappa shape index (κ2) is 4.35. The van der Waals surface area contributed by atoms with E-state index in [4.69, 9.17) is 0 Å². The normalized spacial score (nSPS) is 13.3. The molecule has 3 heteroatoms. The Labute approximate surface area is 78.4 Å². The van der Waals surface area contributed by atoms with Crippen molar-refractivity contribution in [2.24, 2.45) is 0 Å². The summed E-state index contributed by atoms with van der Waals surface area (Å²) in [5.41, 5.74) is 0.676. The van der Waals surface area contributed by atoms with E-state index < -0.39 is 0 Å². The summed E-state index contributed by atoms with van der Waals surface area (Å²) < 4.78 is 13.3. The van der Waals surface area contributed by atoms with E-state index in [0.29, 0.717) is 5.56 Å². The summed E-state index contributed by atoms with van der Waals surface area (Å²) in [5.74, 6) is -0.171. The van der Waals surface area contributed by atoms with Crippen molar-refractivity contribution in [2.75, 3.05) is 21.1 Å². The van der Waals surface area contributed by atoms with Gasteiger partial charge in [0.2, 0.25) is 0 Å². The summed E-state index contributed by atoms with van der Waals surface area (Å²) in [4.78, 5) is 1.93. The summed E-state index contributed by atoms with van der Waals surface area (Å²) in [6.45, 7) is 0. The zero-order chi connectivity index (χ0) is 9.84. The molecule has 1 rings (SSSR count). The van der Waals surface area contributed by atoms with Gasteiger partial charge in [-0.2, -0.15) is 0 Å². The maximum absolute atomic E-state index is 13.3. The van der Waals surface area contributed by atoms with E-state index in [0.717, 1.165) is 0 Å². The van der Waals surface area contributed by atoms with E-state index in [1.165, 1.54) is 6.07 Å². The molecule has 0 amide bonds. The first-order chi connectivity index (χ1) is 6.16. The van der Waals surface area contributed by atoms with Gasteiger partial charge in [-0.3, -0.25) is 4.90 Å². The fourth-order valence-electron chi connectivity index (χ4n) is 1.39.